The summed E-state index contributed by atoms with van der Waals surface area (Å²) < 4.78 is 35.4. The fourth-order valence-electron chi connectivity index (χ4n) is 5.49. The van der Waals surface area contributed by atoms with Gasteiger partial charge in [0.05, 0.1) is 11.2 Å². The molecule has 38 heavy (non-hydrogen) atoms. The Morgan fingerprint density at radius 2 is 1.92 bits per heavy atom. The van der Waals surface area contributed by atoms with Gasteiger partial charge in [-0.15, -0.1) is 0 Å². The molecule has 8 nitrogen and oxygen atoms in total. The second-order valence-corrected chi connectivity index (χ2v) is 9.92. The van der Waals surface area contributed by atoms with Gasteiger partial charge in [0, 0.05) is 49.3 Å². The standard InChI is InChI=1S/C28H28F2N6O2/c1-2-4-24-33-27(34-38-24)17-8-11-35(12-9-17)28-21-15-19(29)14-20(26(21)31-16-32-28)18-6-7-23(22(30)13-18)36-10-3-5-25(36)37/h6-7,13-17H,2-5,8-12H2,1H3. The highest BCUT2D eigenvalue weighted by Crippen LogP contribution is 2.37. The summed E-state index contributed by atoms with van der Waals surface area (Å²) in [6.45, 7) is 3.98. The first-order valence-electron chi connectivity index (χ1n) is 13.1. The zero-order valence-corrected chi connectivity index (χ0v) is 21.2. The maximum absolute atomic E-state index is 15.1. The minimum absolute atomic E-state index is 0.0882. The van der Waals surface area contributed by atoms with Crippen molar-refractivity contribution in [1.29, 1.82) is 0 Å². The van der Waals surface area contributed by atoms with E-state index in [1.807, 2.05) is 0 Å². The number of nitrogens with zero attached hydrogens (tertiary/aromatic N) is 6. The van der Waals surface area contributed by atoms with Crippen molar-refractivity contribution in [3.63, 3.8) is 0 Å². The van der Waals surface area contributed by atoms with Crippen LogP contribution in [-0.2, 0) is 11.2 Å². The van der Waals surface area contributed by atoms with Gasteiger partial charge in [0.1, 0.15) is 23.8 Å². The van der Waals surface area contributed by atoms with Gasteiger partial charge in [-0.1, -0.05) is 18.1 Å². The Hall–Kier alpha value is -3.95. The highest BCUT2D eigenvalue weighted by molar-refractivity contribution is 6.00. The van der Waals surface area contributed by atoms with E-state index >= 15 is 4.39 Å². The van der Waals surface area contributed by atoms with Crippen LogP contribution in [0.1, 0.15) is 56.7 Å². The van der Waals surface area contributed by atoms with Crippen molar-refractivity contribution in [3.05, 3.63) is 60.0 Å². The second-order valence-electron chi connectivity index (χ2n) is 9.92. The number of rotatable bonds is 6. The first-order chi connectivity index (χ1) is 18.5. The van der Waals surface area contributed by atoms with Crippen molar-refractivity contribution < 1.29 is 18.1 Å². The summed E-state index contributed by atoms with van der Waals surface area (Å²) in [5.41, 5.74) is 1.77. The molecule has 2 aliphatic heterocycles. The Morgan fingerprint density at radius 3 is 2.66 bits per heavy atom. The van der Waals surface area contributed by atoms with Crippen LogP contribution in [-0.4, -0.2) is 45.7 Å². The lowest BCUT2D eigenvalue weighted by molar-refractivity contribution is -0.117. The molecule has 0 unspecified atom stereocenters. The number of fused-ring (bicyclic) bond motifs is 1. The molecular formula is C28H28F2N6O2. The number of piperidine rings is 1. The predicted octanol–water partition coefficient (Wildman–Crippen LogP) is 5.42. The van der Waals surface area contributed by atoms with Gasteiger partial charge < -0.3 is 14.3 Å². The number of anilines is 2. The monoisotopic (exact) mass is 518 g/mol. The van der Waals surface area contributed by atoms with E-state index in [4.69, 9.17) is 4.52 Å². The highest BCUT2D eigenvalue weighted by Gasteiger charge is 2.27. The van der Waals surface area contributed by atoms with Gasteiger partial charge in [0.2, 0.25) is 11.8 Å². The number of carbonyl (C=O) groups is 1. The van der Waals surface area contributed by atoms with Crippen molar-refractivity contribution >= 4 is 28.3 Å². The summed E-state index contributed by atoms with van der Waals surface area (Å²) in [5.74, 6) is 1.21. The van der Waals surface area contributed by atoms with Gasteiger partial charge in [-0.05, 0) is 55.5 Å². The number of aromatic nitrogens is 4. The Bertz CT molecular complexity index is 1500. The Balaban J connectivity index is 1.29. The van der Waals surface area contributed by atoms with E-state index in [1.165, 1.54) is 29.4 Å². The van der Waals surface area contributed by atoms with Gasteiger partial charge in [-0.3, -0.25) is 4.79 Å². The van der Waals surface area contributed by atoms with Crippen LogP contribution in [0.3, 0.4) is 0 Å². The molecule has 0 aliphatic carbocycles. The summed E-state index contributed by atoms with van der Waals surface area (Å²) in [4.78, 5) is 29.2. The maximum atomic E-state index is 15.1. The molecule has 2 aromatic carbocycles. The van der Waals surface area contributed by atoms with Crippen LogP contribution in [0.15, 0.2) is 41.2 Å². The largest absolute Gasteiger partial charge is 0.356 e. The molecule has 0 radical (unpaired) electrons. The van der Waals surface area contributed by atoms with E-state index in [9.17, 15) is 9.18 Å². The molecule has 0 saturated carbocycles. The molecule has 1 amide bonds. The molecule has 0 N–H and O–H groups in total. The zero-order valence-electron chi connectivity index (χ0n) is 21.2. The number of carbonyl (C=O) groups excluding carboxylic acids is 1. The lowest BCUT2D eigenvalue weighted by Crippen LogP contribution is -2.34. The van der Waals surface area contributed by atoms with E-state index in [1.54, 1.807) is 12.1 Å². The SMILES string of the molecule is CCCc1nc(C2CCN(c3ncnc4c(-c5ccc(N6CCCC6=O)c(F)c5)cc(F)cc34)CC2)no1. The molecule has 6 rings (SSSR count). The first kappa shape index (κ1) is 24.4. The average molecular weight is 519 g/mol. The third-order valence-corrected chi connectivity index (χ3v) is 7.41. The molecule has 2 saturated heterocycles. The molecule has 2 aromatic heterocycles. The van der Waals surface area contributed by atoms with E-state index in [0.29, 0.717) is 66.2 Å². The van der Waals surface area contributed by atoms with Crippen LogP contribution < -0.4 is 9.80 Å². The summed E-state index contributed by atoms with van der Waals surface area (Å²) in [5, 5.41) is 4.75. The van der Waals surface area contributed by atoms with Gasteiger partial charge in [0.15, 0.2) is 5.82 Å². The molecule has 0 bridgehead atoms. The summed E-state index contributed by atoms with van der Waals surface area (Å²) in [6.07, 6.45) is 5.96. The summed E-state index contributed by atoms with van der Waals surface area (Å²) >= 11 is 0. The molecular weight excluding hydrogens is 490 g/mol. The summed E-state index contributed by atoms with van der Waals surface area (Å²) in [6, 6.07) is 7.44. The minimum Gasteiger partial charge on any atom is -0.356 e. The second kappa shape index (κ2) is 10.1. The van der Waals surface area contributed by atoms with Crippen molar-refractivity contribution in [3.8, 4) is 11.1 Å². The number of benzene rings is 2. The van der Waals surface area contributed by atoms with Crippen LogP contribution in [0.2, 0.25) is 0 Å². The fraction of sp³-hybridized carbons (Fsp3) is 0.393. The maximum Gasteiger partial charge on any atom is 0.227 e. The quantitative estimate of drug-likeness (QED) is 0.337. The number of amides is 1. The normalized spacial score (nSPS) is 16.7. The molecule has 0 spiro atoms. The number of hydrogen-bond donors (Lipinski definition) is 0. The molecule has 2 fully saturated rings. The Labute approximate surface area is 218 Å². The van der Waals surface area contributed by atoms with Gasteiger partial charge >= 0.3 is 0 Å². The third-order valence-electron chi connectivity index (χ3n) is 7.41. The van der Waals surface area contributed by atoms with Crippen LogP contribution in [0, 0.1) is 11.6 Å². The van der Waals surface area contributed by atoms with Crippen molar-refractivity contribution in [1.82, 2.24) is 20.1 Å². The number of hydrogen-bond acceptors (Lipinski definition) is 7. The van der Waals surface area contributed by atoms with E-state index < -0.39 is 11.6 Å². The van der Waals surface area contributed by atoms with Gasteiger partial charge in [-0.25, -0.2) is 18.7 Å². The predicted molar refractivity (Wildman–Crippen MR) is 139 cm³/mol. The Morgan fingerprint density at radius 1 is 1.08 bits per heavy atom. The molecule has 0 atom stereocenters. The van der Waals surface area contributed by atoms with Crippen molar-refractivity contribution in [2.24, 2.45) is 0 Å². The number of aryl methyl sites for hydroxylation is 1. The van der Waals surface area contributed by atoms with E-state index in [2.05, 4.69) is 31.9 Å². The molecule has 2 aliphatic rings. The van der Waals surface area contributed by atoms with Gasteiger partial charge in [-0.2, -0.15) is 4.98 Å². The molecule has 10 heteroatoms. The highest BCUT2D eigenvalue weighted by atomic mass is 19.1. The molecule has 4 aromatic rings. The molecule has 196 valence electrons. The lowest BCUT2D eigenvalue weighted by atomic mass is 9.95. The first-order valence-corrected chi connectivity index (χ1v) is 13.1. The molecule has 4 heterocycles. The summed E-state index contributed by atoms with van der Waals surface area (Å²) in [7, 11) is 0. The smallest absolute Gasteiger partial charge is 0.227 e. The lowest BCUT2D eigenvalue weighted by Gasteiger charge is -2.32. The van der Waals surface area contributed by atoms with Crippen molar-refractivity contribution in [2.45, 2.75) is 51.4 Å². The van der Waals surface area contributed by atoms with Crippen LogP contribution in [0.5, 0.6) is 0 Å². The van der Waals surface area contributed by atoms with Gasteiger partial charge in [0.25, 0.3) is 0 Å². The zero-order chi connectivity index (χ0) is 26.2. The third kappa shape index (κ3) is 4.48. The van der Waals surface area contributed by atoms with E-state index in [-0.39, 0.29) is 17.5 Å². The fourth-order valence-corrected chi connectivity index (χ4v) is 5.49. The van der Waals surface area contributed by atoms with Crippen LogP contribution >= 0.6 is 0 Å². The number of halogens is 2. The van der Waals surface area contributed by atoms with Crippen LogP contribution in [0.25, 0.3) is 22.0 Å². The van der Waals surface area contributed by atoms with Crippen molar-refractivity contribution in [2.75, 3.05) is 29.4 Å². The van der Waals surface area contributed by atoms with E-state index in [0.717, 1.165) is 31.5 Å². The topological polar surface area (TPSA) is 88.3 Å². The minimum atomic E-state index is -0.518. The van der Waals surface area contributed by atoms with Crippen LogP contribution in [0.4, 0.5) is 20.3 Å². The Kier molecular flexibility index (Phi) is 6.47. The average Bonchev–Trinajstić information content (AvgIpc) is 3.57.